The number of halogens is 1. The van der Waals surface area contributed by atoms with E-state index in [-0.39, 0.29) is 24.4 Å². The Morgan fingerprint density at radius 1 is 1.15 bits per heavy atom. The van der Waals surface area contributed by atoms with E-state index < -0.39 is 0 Å². The Bertz CT molecular complexity index is 999. The maximum Gasteiger partial charge on any atom is 0.231 e. The second-order valence-electron chi connectivity index (χ2n) is 6.45. The van der Waals surface area contributed by atoms with Gasteiger partial charge >= 0.3 is 0 Å². The van der Waals surface area contributed by atoms with Crippen LogP contribution >= 0.6 is 0 Å². The van der Waals surface area contributed by atoms with Gasteiger partial charge in [0.2, 0.25) is 6.79 Å². The molecule has 26 heavy (non-hydrogen) atoms. The summed E-state index contributed by atoms with van der Waals surface area (Å²) in [6.45, 7) is 1.04. The van der Waals surface area contributed by atoms with Crippen molar-refractivity contribution in [1.82, 2.24) is 4.57 Å². The van der Waals surface area contributed by atoms with Gasteiger partial charge < -0.3 is 24.1 Å². The van der Waals surface area contributed by atoms with Gasteiger partial charge in [0.25, 0.3) is 0 Å². The van der Waals surface area contributed by atoms with Crippen LogP contribution in [0.2, 0.25) is 0 Å². The van der Waals surface area contributed by atoms with Crippen molar-refractivity contribution >= 4 is 0 Å². The normalized spacial score (nSPS) is 17.4. The highest BCUT2D eigenvalue weighted by Crippen LogP contribution is 2.38. The zero-order valence-corrected chi connectivity index (χ0v) is 14.2. The van der Waals surface area contributed by atoms with Gasteiger partial charge in [-0.25, -0.2) is 4.39 Å². The van der Waals surface area contributed by atoms with E-state index in [1.165, 1.54) is 18.7 Å². The van der Waals surface area contributed by atoms with Gasteiger partial charge in [-0.3, -0.25) is 0 Å². The number of hydrogen-bond donors (Lipinski definition) is 1. The number of nitrogens with two attached hydrogens (primary N) is 1. The Morgan fingerprint density at radius 2 is 2.00 bits per heavy atom. The van der Waals surface area contributed by atoms with Crippen LogP contribution in [0.5, 0.6) is 17.2 Å². The van der Waals surface area contributed by atoms with Crippen LogP contribution in [0.3, 0.4) is 0 Å². The smallest absolute Gasteiger partial charge is 0.231 e. The van der Waals surface area contributed by atoms with E-state index in [2.05, 4.69) is 16.0 Å². The number of methoxy groups -OCH3 is 1. The van der Waals surface area contributed by atoms with E-state index in [0.717, 1.165) is 35.0 Å². The van der Waals surface area contributed by atoms with E-state index in [9.17, 15) is 4.39 Å². The largest absolute Gasteiger partial charge is 0.494 e. The molecule has 5 rings (SSSR count). The van der Waals surface area contributed by atoms with Crippen molar-refractivity contribution in [3.8, 4) is 22.9 Å². The molecule has 0 unspecified atom stereocenters. The number of nitrogens with zero attached hydrogens (tertiary/aromatic N) is 1. The van der Waals surface area contributed by atoms with Gasteiger partial charge in [-0.1, -0.05) is 0 Å². The lowest BCUT2D eigenvalue weighted by atomic mass is 10.0. The summed E-state index contributed by atoms with van der Waals surface area (Å²) in [5.41, 5.74) is 4.37. The van der Waals surface area contributed by atoms with Crippen LogP contribution in [0, 0.1) is 5.82 Å². The number of hydrogen-bond acceptors (Lipinski definition) is 3. The Hall–Kier alpha value is -2.99. The molecule has 132 valence electrons. The topological polar surface area (TPSA) is 49.2 Å². The summed E-state index contributed by atoms with van der Waals surface area (Å²) in [6, 6.07) is 13.3. The maximum absolute atomic E-state index is 13.8. The van der Waals surface area contributed by atoms with Crippen LogP contribution in [0.15, 0.2) is 48.7 Å². The third kappa shape index (κ3) is 2.26. The average molecular weight is 353 g/mol. The fourth-order valence-corrected chi connectivity index (χ4v) is 3.77. The number of benzene rings is 2. The fraction of sp³-hybridized carbons (Fsp3) is 0.200. The van der Waals surface area contributed by atoms with E-state index in [1.807, 2.05) is 30.5 Å². The number of aromatic nitrogens is 1. The molecule has 0 amide bonds. The SMILES string of the molecule is COc1cc([C@H]2[NH2+]Cc3cc4c(cc3-n3cccc32)OCO4)ccc1F. The summed E-state index contributed by atoms with van der Waals surface area (Å²) < 4.78 is 32.2. The summed E-state index contributed by atoms with van der Waals surface area (Å²) in [5, 5.41) is 2.24. The van der Waals surface area contributed by atoms with Crippen LogP contribution in [0.4, 0.5) is 4.39 Å². The van der Waals surface area contributed by atoms with Crippen molar-refractivity contribution in [3.05, 3.63) is 71.3 Å². The van der Waals surface area contributed by atoms with Gasteiger partial charge in [-0.05, 0) is 36.4 Å². The lowest BCUT2D eigenvalue weighted by molar-refractivity contribution is -0.702. The molecule has 2 N–H and O–H groups in total. The van der Waals surface area contributed by atoms with Gasteiger partial charge in [0.05, 0.1) is 18.5 Å². The molecule has 5 nitrogen and oxygen atoms in total. The van der Waals surface area contributed by atoms with Crippen molar-refractivity contribution in [2.45, 2.75) is 12.6 Å². The molecule has 1 atom stereocenters. The van der Waals surface area contributed by atoms with Gasteiger partial charge in [0.1, 0.15) is 6.54 Å². The molecule has 0 radical (unpaired) electrons. The van der Waals surface area contributed by atoms with Gasteiger partial charge in [0, 0.05) is 23.4 Å². The highest BCUT2D eigenvalue weighted by Gasteiger charge is 2.29. The van der Waals surface area contributed by atoms with Gasteiger partial charge in [-0.2, -0.15) is 0 Å². The van der Waals surface area contributed by atoms with E-state index in [1.54, 1.807) is 6.07 Å². The van der Waals surface area contributed by atoms with E-state index in [0.29, 0.717) is 0 Å². The highest BCUT2D eigenvalue weighted by atomic mass is 19.1. The quantitative estimate of drug-likeness (QED) is 0.770. The second kappa shape index (κ2) is 5.78. The highest BCUT2D eigenvalue weighted by molar-refractivity contribution is 5.56. The van der Waals surface area contributed by atoms with Gasteiger partial charge in [-0.15, -0.1) is 0 Å². The van der Waals surface area contributed by atoms with Crippen LogP contribution < -0.4 is 19.5 Å². The molecule has 0 saturated carbocycles. The average Bonchev–Trinajstić information content (AvgIpc) is 3.28. The minimum absolute atomic E-state index is 0.0311. The third-order valence-corrected chi connectivity index (χ3v) is 5.04. The predicted octanol–water partition coefficient (Wildman–Crippen LogP) is 2.52. The van der Waals surface area contributed by atoms with Crippen molar-refractivity contribution in [2.24, 2.45) is 0 Å². The number of rotatable bonds is 2. The van der Waals surface area contributed by atoms with Crippen LogP contribution in [0.25, 0.3) is 5.69 Å². The lowest BCUT2D eigenvalue weighted by Crippen LogP contribution is -2.83. The molecule has 3 heterocycles. The minimum atomic E-state index is -0.353. The molecule has 0 fully saturated rings. The molecular weight excluding hydrogens is 335 g/mol. The molecule has 3 aromatic rings. The molecule has 2 aliphatic heterocycles. The monoisotopic (exact) mass is 353 g/mol. The Balaban J connectivity index is 1.63. The van der Waals surface area contributed by atoms with E-state index in [4.69, 9.17) is 14.2 Å². The summed E-state index contributed by atoms with van der Waals surface area (Å²) in [6.07, 6.45) is 2.04. The van der Waals surface area contributed by atoms with Gasteiger partial charge in [0.15, 0.2) is 29.1 Å². The first kappa shape index (κ1) is 15.3. The molecule has 0 bridgehead atoms. The van der Waals surface area contributed by atoms with Crippen LogP contribution in [-0.2, 0) is 6.54 Å². The molecular formula is C20H18FN2O3+. The summed E-state index contributed by atoms with van der Waals surface area (Å²) >= 11 is 0. The van der Waals surface area contributed by atoms with Crippen molar-refractivity contribution in [3.63, 3.8) is 0 Å². The van der Waals surface area contributed by atoms with Crippen molar-refractivity contribution in [2.75, 3.05) is 13.9 Å². The molecule has 6 heteroatoms. The Labute approximate surface area is 149 Å². The summed E-state index contributed by atoms with van der Waals surface area (Å²) in [4.78, 5) is 0. The fourth-order valence-electron chi connectivity index (χ4n) is 3.77. The van der Waals surface area contributed by atoms with Crippen molar-refractivity contribution in [1.29, 1.82) is 0 Å². The Morgan fingerprint density at radius 3 is 2.85 bits per heavy atom. The first-order valence-corrected chi connectivity index (χ1v) is 8.51. The van der Waals surface area contributed by atoms with Crippen LogP contribution in [0.1, 0.15) is 22.9 Å². The molecule has 0 saturated heterocycles. The second-order valence-corrected chi connectivity index (χ2v) is 6.45. The van der Waals surface area contributed by atoms with E-state index >= 15 is 0 Å². The first-order chi connectivity index (χ1) is 12.7. The minimum Gasteiger partial charge on any atom is -0.494 e. The van der Waals surface area contributed by atoms with Crippen LogP contribution in [-0.4, -0.2) is 18.5 Å². The summed E-state index contributed by atoms with van der Waals surface area (Å²) in [5.74, 6) is 1.46. The lowest BCUT2D eigenvalue weighted by Gasteiger charge is -2.16. The standard InChI is InChI=1S/C20H17FN2O3/c1-24-17-7-12(4-5-14(17)21)20-15-3-2-6-23(15)16-9-19-18(25-11-26-19)8-13(16)10-22-20/h2-9,20,22H,10-11H2,1H3/p+1/t20-/m1/s1. The molecule has 2 aromatic carbocycles. The Kier molecular flexibility index (Phi) is 3.39. The zero-order valence-electron chi connectivity index (χ0n) is 14.2. The molecule has 0 spiro atoms. The molecule has 2 aliphatic rings. The number of fused-ring (bicyclic) bond motifs is 4. The molecule has 0 aliphatic carbocycles. The first-order valence-electron chi connectivity index (χ1n) is 8.51. The third-order valence-electron chi connectivity index (χ3n) is 5.04. The number of ether oxygens (including phenoxy) is 3. The number of quaternary nitrogens is 1. The van der Waals surface area contributed by atoms with Crippen molar-refractivity contribution < 1.29 is 23.9 Å². The maximum atomic E-state index is 13.8. The predicted molar refractivity (Wildman–Crippen MR) is 92.3 cm³/mol. The summed E-state index contributed by atoms with van der Waals surface area (Å²) in [7, 11) is 1.49. The molecule has 1 aromatic heterocycles. The zero-order chi connectivity index (χ0) is 17.7.